The number of nitrogens with two attached hydrogens (primary N) is 1. The number of aromatic amines is 1. The molecule has 0 spiro atoms. The van der Waals surface area contributed by atoms with Crippen molar-refractivity contribution in [3.8, 4) is 0 Å². The highest BCUT2D eigenvalue weighted by molar-refractivity contribution is 7.89. The maximum atomic E-state index is 12.9. The summed E-state index contributed by atoms with van der Waals surface area (Å²) >= 11 is 0. The van der Waals surface area contributed by atoms with Crippen LogP contribution in [0.5, 0.6) is 0 Å². The second-order valence-corrected chi connectivity index (χ2v) is 5.38. The molecule has 0 aliphatic rings. The SMILES string of the molecule is Nc1cc(S(=O)(=O)NCc2cn[nH]c2)ccc1F. The van der Waals surface area contributed by atoms with Crippen LogP contribution in [0, 0.1) is 5.82 Å². The van der Waals surface area contributed by atoms with Gasteiger partial charge < -0.3 is 5.73 Å². The van der Waals surface area contributed by atoms with Gasteiger partial charge in [-0.25, -0.2) is 17.5 Å². The number of rotatable bonds is 4. The third-order valence-electron chi connectivity index (χ3n) is 2.30. The topological polar surface area (TPSA) is 101 Å². The Hall–Kier alpha value is -1.93. The van der Waals surface area contributed by atoms with E-state index in [0.717, 1.165) is 18.2 Å². The number of nitrogens with zero attached hydrogens (tertiary/aromatic N) is 1. The number of nitrogen functional groups attached to an aromatic ring is 1. The first-order valence-corrected chi connectivity index (χ1v) is 6.50. The van der Waals surface area contributed by atoms with Crippen molar-refractivity contribution in [3.05, 3.63) is 42.0 Å². The van der Waals surface area contributed by atoms with Crippen molar-refractivity contribution in [1.82, 2.24) is 14.9 Å². The first-order chi connectivity index (χ1) is 8.49. The largest absolute Gasteiger partial charge is 0.396 e. The van der Waals surface area contributed by atoms with Crippen molar-refractivity contribution in [1.29, 1.82) is 0 Å². The molecular formula is C10H11FN4O2S. The van der Waals surface area contributed by atoms with E-state index in [-0.39, 0.29) is 17.1 Å². The zero-order chi connectivity index (χ0) is 13.2. The zero-order valence-corrected chi connectivity index (χ0v) is 10.0. The van der Waals surface area contributed by atoms with Crippen molar-refractivity contribution >= 4 is 15.7 Å². The minimum Gasteiger partial charge on any atom is -0.396 e. The van der Waals surface area contributed by atoms with Crippen LogP contribution in [-0.4, -0.2) is 18.6 Å². The molecule has 0 radical (unpaired) electrons. The predicted molar refractivity (Wildman–Crippen MR) is 63.4 cm³/mol. The van der Waals surface area contributed by atoms with Crippen LogP contribution in [0.3, 0.4) is 0 Å². The normalized spacial score (nSPS) is 11.6. The lowest BCUT2D eigenvalue weighted by molar-refractivity contribution is 0.580. The predicted octanol–water partition coefficient (Wildman–Crippen LogP) is 0.609. The number of benzene rings is 1. The smallest absolute Gasteiger partial charge is 0.240 e. The number of aromatic nitrogens is 2. The standard InChI is InChI=1S/C10H11FN4O2S/c11-9-2-1-8(3-10(9)12)18(16,17)15-6-7-4-13-14-5-7/h1-5,15H,6,12H2,(H,13,14). The molecule has 0 aliphatic heterocycles. The lowest BCUT2D eigenvalue weighted by atomic mass is 10.3. The molecule has 0 aliphatic carbocycles. The van der Waals surface area contributed by atoms with Gasteiger partial charge in [-0.2, -0.15) is 5.10 Å². The van der Waals surface area contributed by atoms with E-state index in [4.69, 9.17) is 5.73 Å². The number of H-pyrrole nitrogens is 1. The summed E-state index contributed by atoms with van der Waals surface area (Å²) in [6, 6.07) is 3.25. The average molecular weight is 270 g/mol. The Kier molecular flexibility index (Phi) is 3.30. The van der Waals surface area contributed by atoms with Crippen LogP contribution in [0.2, 0.25) is 0 Å². The van der Waals surface area contributed by atoms with E-state index in [1.165, 1.54) is 6.20 Å². The summed E-state index contributed by atoms with van der Waals surface area (Å²) in [5.74, 6) is -0.649. The number of halogens is 1. The first kappa shape index (κ1) is 12.5. The van der Waals surface area contributed by atoms with E-state index in [9.17, 15) is 12.8 Å². The fourth-order valence-corrected chi connectivity index (χ4v) is 2.38. The minimum absolute atomic E-state index is 0.0788. The average Bonchev–Trinajstić information content (AvgIpc) is 2.83. The number of nitrogens with one attached hydrogen (secondary N) is 2. The van der Waals surface area contributed by atoms with Crippen LogP contribution < -0.4 is 10.5 Å². The second kappa shape index (κ2) is 4.75. The molecule has 0 saturated heterocycles. The van der Waals surface area contributed by atoms with E-state index >= 15 is 0 Å². The molecule has 0 fully saturated rings. The summed E-state index contributed by atoms with van der Waals surface area (Å²) in [4.78, 5) is -0.0788. The summed E-state index contributed by atoms with van der Waals surface area (Å²) in [5, 5.41) is 6.26. The fourth-order valence-electron chi connectivity index (χ4n) is 1.32. The van der Waals surface area contributed by atoms with E-state index in [2.05, 4.69) is 14.9 Å². The summed E-state index contributed by atoms with van der Waals surface area (Å²) in [7, 11) is -3.71. The van der Waals surface area contributed by atoms with Crippen LogP contribution in [0.4, 0.5) is 10.1 Å². The Labute approximate surface area is 103 Å². The fraction of sp³-hybridized carbons (Fsp3) is 0.100. The number of hydrogen-bond acceptors (Lipinski definition) is 4. The molecule has 0 atom stereocenters. The van der Waals surface area contributed by atoms with Crippen LogP contribution in [-0.2, 0) is 16.6 Å². The lowest BCUT2D eigenvalue weighted by Gasteiger charge is -2.06. The van der Waals surface area contributed by atoms with Gasteiger partial charge in [0.25, 0.3) is 0 Å². The van der Waals surface area contributed by atoms with Crippen molar-refractivity contribution in [3.63, 3.8) is 0 Å². The maximum absolute atomic E-state index is 12.9. The van der Waals surface area contributed by atoms with Crippen LogP contribution in [0.25, 0.3) is 0 Å². The zero-order valence-electron chi connectivity index (χ0n) is 9.22. The monoisotopic (exact) mass is 270 g/mol. The number of hydrogen-bond donors (Lipinski definition) is 3. The molecule has 0 amide bonds. The highest BCUT2D eigenvalue weighted by atomic mass is 32.2. The molecule has 96 valence electrons. The Morgan fingerprint density at radius 1 is 1.44 bits per heavy atom. The molecule has 2 aromatic rings. The number of anilines is 1. The Morgan fingerprint density at radius 2 is 2.22 bits per heavy atom. The molecule has 1 aromatic carbocycles. The molecule has 4 N–H and O–H groups in total. The molecule has 1 aromatic heterocycles. The van der Waals surface area contributed by atoms with Crippen molar-refractivity contribution in [2.24, 2.45) is 0 Å². The molecular weight excluding hydrogens is 259 g/mol. The van der Waals surface area contributed by atoms with E-state index in [0.29, 0.717) is 5.56 Å². The van der Waals surface area contributed by atoms with Crippen molar-refractivity contribution in [2.75, 3.05) is 5.73 Å². The van der Waals surface area contributed by atoms with Crippen LogP contribution in [0.1, 0.15) is 5.56 Å². The Bertz CT molecular complexity index is 640. The van der Waals surface area contributed by atoms with Crippen molar-refractivity contribution in [2.45, 2.75) is 11.4 Å². The van der Waals surface area contributed by atoms with Gasteiger partial charge in [0, 0.05) is 18.3 Å². The van der Waals surface area contributed by atoms with Gasteiger partial charge in [0.2, 0.25) is 10.0 Å². The molecule has 0 unspecified atom stereocenters. The molecule has 0 bridgehead atoms. The third kappa shape index (κ3) is 2.66. The molecule has 1 heterocycles. The highest BCUT2D eigenvalue weighted by Gasteiger charge is 2.15. The molecule has 6 nitrogen and oxygen atoms in total. The third-order valence-corrected chi connectivity index (χ3v) is 3.70. The molecule has 2 rings (SSSR count). The van der Waals surface area contributed by atoms with E-state index in [1.54, 1.807) is 6.20 Å². The highest BCUT2D eigenvalue weighted by Crippen LogP contribution is 2.16. The summed E-state index contributed by atoms with van der Waals surface area (Å²) in [5.41, 5.74) is 5.81. The summed E-state index contributed by atoms with van der Waals surface area (Å²) in [6.45, 7) is 0.0934. The van der Waals surface area contributed by atoms with Gasteiger partial charge in [-0.1, -0.05) is 0 Å². The Balaban J connectivity index is 2.17. The maximum Gasteiger partial charge on any atom is 0.240 e. The quantitative estimate of drug-likeness (QED) is 0.708. The van der Waals surface area contributed by atoms with Gasteiger partial charge in [0.05, 0.1) is 16.8 Å². The Morgan fingerprint density at radius 3 is 2.83 bits per heavy atom. The molecule has 8 heteroatoms. The van der Waals surface area contributed by atoms with Crippen molar-refractivity contribution < 1.29 is 12.8 Å². The van der Waals surface area contributed by atoms with E-state index in [1.807, 2.05) is 0 Å². The first-order valence-electron chi connectivity index (χ1n) is 5.01. The number of sulfonamides is 1. The summed E-state index contributed by atoms with van der Waals surface area (Å²) in [6.07, 6.45) is 3.07. The van der Waals surface area contributed by atoms with Gasteiger partial charge in [-0.3, -0.25) is 5.10 Å². The van der Waals surface area contributed by atoms with Crippen LogP contribution >= 0.6 is 0 Å². The summed E-state index contributed by atoms with van der Waals surface area (Å²) < 4.78 is 39.0. The second-order valence-electron chi connectivity index (χ2n) is 3.61. The van der Waals surface area contributed by atoms with Gasteiger partial charge in [0.1, 0.15) is 5.82 Å². The molecule has 0 saturated carbocycles. The minimum atomic E-state index is -3.71. The van der Waals surface area contributed by atoms with Gasteiger partial charge >= 0.3 is 0 Å². The van der Waals surface area contributed by atoms with E-state index < -0.39 is 15.8 Å². The molecule has 18 heavy (non-hydrogen) atoms. The lowest BCUT2D eigenvalue weighted by Crippen LogP contribution is -2.23. The van der Waals surface area contributed by atoms with Crippen LogP contribution in [0.15, 0.2) is 35.5 Å². The van der Waals surface area contributed by atoms with Gasteiger partial charge in [0.15, 0.2) is 0 Å². The van der Waals surface area contributed by atoms with Gasteiger partial charge in [-0.05, 0) is 18.2 Å². The van der Waals surface area contributed by atoms with Gasteiger partial charge in [-0.15, -0.1) is 0 Å².